The van der Waals surface area contributed by atoms with E-state index < -0.39 is 5.60 Å². The average Bonchev–Trinajstić information content (AvgIpc) is 2.80. The van der Waals surface area contributed by atoms with Crippen LogP contribution < -0.4 is 0 Å². The molecule has 2 heteroatoms. The van der Waals surface area contributed by atoms with Crippen molar-refractivity contribution in [2.24, 2.45) is 17.8 Å². The van der Waals surface area contributed by atoms with Gasteiger partial charge < -0.3 is 4.74 Å². The molecule has 3 rings (SSSR count). The van der Waals surface area contributed by atoms with Gasteiger partial charge in [-0.15, -0.1) is 0 Å². The van der Waals surface area contributed by atoms with Gasteiger partial charge in [0.2, 0.25) is 0 Å². The van der Waals surface area contributed by atoms with Gasteiger partial charge in [-0.1, -0.05) is 97.4 Å². The number of benzene rings is 1. The van der Waals surface area contributed by atoms with Crippen LogP contribution in [0.5, 0.6) is 0 Å². The minimum absolute atomic E-state index is 0.107. The van der Waals surface area contributed by atoms with E-state index in [-0.39, 0.29) is 5.97 Å². The van der Waals surface area contributed by atoms with Crippen LogP contribution in [0.25, 0.3) is 6.08 Å². The Morgan fingerprint density at radius 2 is 1.56 bits per heavy atom. The number of esters is 1. The fourth-order valence-electron chi connectivity index (χ4n) is 4.76. The molecule has 1 unspecified atom stereocenters. The number of hydrogen-bond donors (Lipinski definition) is 0. The van der Waals surface area contributed by atoms with Gasteiger partial charge in [0.25, 0.3) is 0 Å². The number of allylic oxidation sites excluding steroid dienone is 4. The number of fused-ring (bicyclic) bond motifs is 1. The molecule has 190 valence electrons. The molecule has 1 aromatic rings. The first-order valence-electron chi connectivity index (χ1n) is 13.5. The molecular weight excluding hydrogens is 416 g/mol. The van der Waals surface area contributed by atoms with E-state index in [2.05, 4.69) is 64.1 Å². The van der Waals surface area contributed by atoms with E-state index in [9.17, 15) is 4.79 Å². The summed E-state index contributed by atoms with van der Waals surface area (Å²) in [6, 6.07) is 8.73. The van der Waals surface area contributed by atoms with Crippen LogP contribution in [-0.4, -0.2) is 11.6 Å². The van der Waals surface area contributed by atoms with Crippen LogP contribution in [0.1, 0.15) is 107 Å². The molecule has 0 heterocycles. The maximum Gasteiger partial charge on any atom is 0.310 e. The lowest BCUT2D eigenvalue weighted by atomic mass is 9.71. The molecule has 0 N–H and O–H groups in total. The summed E-state index contributed by atoms with van der Waals surface area (Å²) < 4.78 is 5.67. The zero-order chi connectivity index (χ0) is 26.1. The molecule has 0 saturated carbocycles. The van der Waals surface area contributed by atoms with Gasteiger partial charge in [0, 0.05) is 0 Å². The maximum absolute atomic E-state index is 12.7. The number of carbonyl (C=O) groups is 1. The molecule has 34 heavy (non-hydrogen) atoms. The second-order valence-corrected chi connectivity index (χ2v) is 10.5. The number of rotatable bonds is 5. The Labute approximate surface area is 210 Å². The van der Waals surface area contributed by atoms with E-state index in [4.69, 9.17) is 4.74 Å². The molecule has 2 aliphatic rings. The van der Waals surface area contributed by atoms with Crippen molar-refractivity contribution >= 4 is 12.0 Å². The summed E-state index contributed by atoms with van der Waals surface area (Å²) in [5.74, 6) is 1.14. The maximum atomic E-state index is 12.7. The number of carbonyl (C=O) groups excluding carboxylic acids is 1. The molecule has 0 bridgehead atoms. The molecule has 0 aliphatic heterocycles. The molecule has 2 aliphatic carbocycles. The molecule has 0 fully saturated rings. The summed E-state index contributed by atoms with van der Waals surface area (Å²) >= 11 is 0. The van der Waals surface area contributed by atoms with E-state index in [1.54, 1.807) is 0 Å². The van der Waals surface area contributed by atoms with Crippen LogP contribution in [-0.2, 0) is 16.0 Å². The number of ether oxygens (including phenoxy) is 1. The first-order chi connectivity index (χ1) is 16.0. The van der Waals surface area contributed by atoms with Gasteiger partial charge in [-0.3, -0.25) is 4.79 Å². The first kappa shape index (κ1) is 29.9. The van der Waals surface area contributed by atoms with Crippen molar-refractivity contribution in [3.8, 4) is 0 Å². The minimum atomic E-state index is -0.446. The Kier molecular flexibility index (Phi) is 12.1. The second kappa shape index (κ2) is 13.7. The average molecular weight is 467 g/mol. The summed E-state index contributed by atoms with van der Waals surface area (Å²) in [7, 11) is 0. The fraction of sp³-hybridized carbons (Fsp3) is 0.594. The minimum Gasteiger partial charge on any atom is -0.460 e. The molecule has 2 nitrogen and oxygen atoms in total. The number of aryl methyl sites for hydroxylation is 1. The smallest absolute Gasteiger partial charge is 0.310 e. The van der Waals surface area contributed by atoms with Crippen molar-refractivity contribution in [2.45, 2.75) is 107 Å². The van der Waals surface area contributed by atoms with E-state index >= 15 is 0 Å². The van der Waals surface area contributed by atoms with Crippen molar-refractivity contribution in [1.29, 1.82) is 0 Å². The standard InChI is InChI=1S/C28H38O2.2C2H6/c1-18(2)24-15-23(22-13-12-20-10-8-9-11-21(20)14-22)16-25(19(3)4)26(24)17-27(29)30-28(5,6)7;2*1-2/h8-11,14-15,18-19,25H,12-13,16-17H2,1-7H3;2*1-2H3. The van der Waals surface area contributed by atoms with Crippen LogP contribution in [0.15, 0.2) is 52.6 Å². The normalized spacial score (nSPS) is 17.6. The molecule has 0 spiro atoms. The summed E-state index contributed by atoms with van der Waals surface area (Å²) in [6.45, 7) is 22.9. The predicted octanol–water partition coefficient (Wildman–Crippen LogP) is 9.36. The quantitative estimate of drug-likeness (QED) is 0.404. The molecule has 0 radical (unpaired) electrons. The van der Waals surface area contributed by atoms with E-state index in [0.717, 1.165) is 19.3 Å². The van der Waals surface area contributed by atoms with Crippen LogP contribution >= 0.6 is 0 Å². The van der Waals surface area contributed by atoms with Crippen LogP contribution in [0.4, 0.5) is 0 Å². The van der Waals surface area contributed by atoms with Gasteiger partial charge in [0.15, 0.2) is 0 Å². The van der Waals surface area contributed by atoms with Gasteiger partial charge in [-0.05, 0) is 85.6 Å². The highest BCUT2D eigenvalue weighted by Gasteiger charge is 2.31. The zero-order valence-electron chi connectivity index (χ0n) is 23.8. The van der Waals surface area contributed by atoms with Crippen molar-refractivity contribution in [3.63, 3.8) is 0 Å². The third-order valence-corrected chi connectivity index (χ3v) is 6.23. The lowest BCUT2D eigenvalue weighted by molar-refractivity contribution is -0.154. The topological polar surface area (TPSA) is 26.3 Å². The van der Waals surface area contributed by atoms with Gasteiger partial charge in [0.05, 0.1) is 6.42 Å². The highest BCUT2D eigenvalue weighted by Crippen LogP contribution is 2.43. The van der Waals surface area contributed by atoms with Gasteiger partial charge >= 0.3 is 5.97 Å². The van der Waals surface area contributed by atoms with Crippen molar-refractivity contribution in [1.82, 2.24) is 0 Å². The van der Waals surface area contributed by atoms with Crippen molar-refractivity contribution in [3.05, 3.63) is 63.8 Å². The summed E-state index contributed by atoms with van der Waals surface area (Å²) in [5, 5.41) is 0. The third-order valence-electron chi connectivity index (χ3n) is 6.23. The Balaban J connectivity index is 0.00000137. The molecule has 1 atom stereocenters. The Morgan fingerprint density at radius 3 is 2.12 bits per heavy atom. The SMILES string of the molecule is CC.CC.CC(C)C1=C(CC(=O)OC(C)(C)C)C(C(C)C)CC(C2=Cc3ccccc3CC2)=C1. The highest BCUT2D eigenvalue weighted by atomic mass is 16.6. The third kappa shape index (κ3) is 8.29. The molecular formula is C32H50O2. The second-order valence-electron chi connectivity index (χ2n) is 10.5. The van der Waals surface area contributed by atoms with Gasteiger partial charge in [-0.25, -0.2) is 0 Å². The number of hydrogen-bond acceptors (Lipinski definition) is 2. The monoisotopic (exact) mass is 466 g/mol. The zero-order valence-corrected chi connectivity index (χ0v) is 23.8. The lowest BCUT2D eigenvalue weighted by Crippen LogP contribution is -2.27. The highest BCUT2D eigenvalue weighted by molar-refractivity contribution is 5.74. The largest absolute Gasteiger partial charge is 0.460 e. The van der Waals surface area contributed by atoms with Crippen molar-refractivity contribution in [2.75, 3.05) is 0 Å². The van der Waals surface area contributed by atoms with E-state index in [1.165, 1.54) is 33.4 Å². The predicted molar refractivity (Wildman–Crippen MR) is 149 cm³/mol. The summed E-state index contributed by atoms with van der Waals surface area (Å²) in [6.07, 6.45) is 8.40. The Hall–Kier alpha value is -2.09. The lowest BCUT2D eigenvalue weighted by Gasteiger charge is -2.34. The van der Waals surface area contributed by atoms with E-state index in [1.807, 2.05) is 48.5 Å². The van der Waals surface area contributed by atoms with E-state index in [0.29, 0.717) is 24.2 Å². The van der Waals surface area contributed by atoms with Crippen molar-refractivity contribution < 1.29 is 9.53 Å². The molecule has 1 aromatic carbocycles. The summed E-state index contributed by atoms with van der Waals surface area (Å²) in [4.78, 5) is 12.7. The van der Waals surface area contributed by atoms with Gasteiger partial charge in [0.1, 0.15) is 5.60 Å². The Morgan fingerprint density at radius 1 is 0.941 bits per heavy atom. The molecule has 0 aromatic heterocycles. The van der Waals surface area contributed by atoms with Crippen LogP contribution in [0.3, 0.4) is 0 Å². The summed E-state index contributed by atoms with van der Waals surface area (Å²) in [5.41, 5.74) is 7.90. The van der Waals surface area contributed by atoms with Gasteiger partial charge in [-0.2, -0.15) is 0 Å². The van der Waals surface area contributed by atoms with Crippen LogP contribution in [0.2, 0.25) is 0 Å². The Bertz CT molecular complexity index is 888. The van der Waals surface area contributed by atoms with Crippen LogP contribution in [0, 0.1) is 17.8 Å². The fourth-order valence-corrected chi connectivity index (χ4v) is 4.76. The molecule has 0 amide bonds. The first-order valence-corrected chi connectivity index (χ1v) is 13.5. The molecule has 0 saturated heterocycles.